The molecule has 24 heavy (non-hydrogen) atoms. The molecular weight excluding hydrogens is 328 g/mol. The molecule has 1 amide bonds. The average Bonchev–Trinajstić information content (AvgIpc) is 2.58. The van der Waals surface area contributed by atoms with Crippen molar-refractivity contribution in [2.45, 2.75) is 0 Å². The smallest absolute Gasteiger partial charge is 0.247 e. The lowest BCUT2D eigenvalue weighted by molar-refractivity contribution is -0.116. The Morgan fingerprint density at radius 3 is 2.25 bits per heavy atom. The number of ether oxygens (including phenoxy) is 1. The number of sulfonamides is 1. The van der Waals surface area contributed by atoms with Gasteiger partial charge in [0.05, 0.1) is 19.1 Å². The molecule has 128 valence electrons. The number of carbonyl (C=O) groups excluding carboxylic acids is 1. The normalized spacial score (nSPS) is 11.0. The molecule has 0 saturated heterocycles. The van der Waals surface area contributed by atoms with Crippen molar-refractivity contribution in [1.29, 1.82) is 0 Å². The maximum atomic E-state index is 12.5. The van der Waals surface area contributed by atoms with E-state index >= 15 is 0 Å². The third-order valence-corrected chi connectivity index (χ3v) is 4.68. The summed E-state index contributed by atoms with van der Waals surface area (Å²) in [6, 6.07) is 15.6. The van der Waals surface area contributed by atoms with Gasteiger partial charge in [0, 0.05) is 18.8 Å². The van der Waals surface area contributed by atoms with Crippen LogP contribution in [0.1, 0.15) is 0 Å². The summed E-state index contributed by atoms with van der Waals surface area (Å²) >= 11 is 0. The zero-order valence-corrected chi connectivity index (χ0v) is 14.7. The summed E-state index contributed by atoms with van der Waals surface area (Å²) in [5, 5.41) is 0. The number of benzene rings is 2. The molecule has 2 rings (SSSR count). The van der Waals surface area contributed by atoms with Gasteiger partial charge in [0.1, 0.15) is 12.3 Å². The molecule has 7 heteroatoms. The van der Waals surface area contributed by atoms with Crippen molar-refractivity contribution in [3.8, 4) is 5.75 Å². The number of para-hydroxylation sites is 1. The van der Waals surface area contributed by atoms with Gasteiger partial charge in [-0.2, -0.15) is 0 Å². The minimum atomic E-state index is -3.62. The highest BCUT2D eigenvalue weighted by Gasteiger charge is 2.23. The third-order valence-electron chi connectivity index (χ3n) is 3.54. The summed E-state index contributed by atoms with van der Waals surface area (Å²) < 4.78 is 30.5. The molecule has 0 fully saturated rings. The van der Waals surface area contributed by atoms with E-state index in [4.69, 9.17) is 4.74 Å². The van der Waals surface area contributed by atoms with E-state index in [2.05, 4.69) is 0 Å². The first-order valence-corrected chi connectivity index (χ1v) is 9.11. The second kappa shape index (κ2) is 7.35. The maximum absolute atomic E-state index is 12.5. The Bertz CT molecular complexity index is 806. The van der Waals surface area contributed by atoms with Gasteiger partial charge in [-0.1, -0.05) is 24.3 Å². The van der Waals surface area contributed by atoms with Gasteiger partial charge < -0.3 is 9.64 Å². The summed E-state index contributed by atoms with van der Waals surface area (Å²) in [5.74, 6) is 0.180. The van der Waals surface area contributed by atoms with E-state index in [1.807, 2.05) is 18.2 Å². The van der Waals surface area contributed by atoms with E-state index in [0.29, 0.717) is 17.1 Å². The quantitative estimate of drug-likeness (QED) is 0.802. The van der Waals surface area contributed by atoms with Crippen LogP contribution in [0.2, 0.25) is 0 Å². The van der Waals surface area contributed by atoms with Gasteiger partial charge in [-0.3, -0.25) is 9.10 Å². The van der Waals surface area contributed by atoms with Gasteiger partial charge in [-0.25, -0.2) is 8.42 Å². The Hall–Kier alpha value is -2.54. The van der Waals surface area contributed by atoms with E-state index in [1.54, 1.807) is 43.4 Å². The van der Waals surface area contributed by atoms with E-state index < -0.39 is 10.0 Å². The number of likely N-dealkylation sites (N-methyl/N-ethyl adjacent to an activating group) is 1. The average molecular weight is 348 g/mol. The van der Waals surface area contributed by atoms with Gasteiger partial charge in [-0.15, -0.1) is 0 Å². The lowest BCUT2D eigenvalue weighted by Gasteiger charge is -2.25. The molecule has 0 aliphatic carbocycles. The maximum Gasteiger partial charge on any atom is 0.247 e. The number of anilines is 2. The van der Waals surface area contributed by atoms with Crippen LogP contribution in [0.15, 0.2) is 54.6 Å². The fourth-order valence-corrected chi connectivity index (χ4v) is 3.03. The largest absolute Gasteiger partial charge is 0.497 e. The van der Waals surface area contributed by atoms with Gasteiger partial charge in [0.25, 0.3) is 0 Å². The van der Waals surface area contributed by atoms with Crippen LogP contribution in [0.5, 0.6) is 5.75 Å². The monoisotopic (exact) mass is 348 g/mol. The number of amides is 1. The number of hydrogen-bond donors (Lipinski definition) is 0. The fraction of sp³-hybridized carbons (Fsp3) is 0.235. The van der Waals surface area contributed by atoms with Crippen molar-refractivity contribution in [1.82, 2.24) is 0 Å². The standard InChI is InChI=1S/C17H20N2O4S/c1-18(14-8-5-4-6-9-14)17(20)13-19(24(3,21)22)15-10-7-11-16(12-15)23-2/h4-12H,13H2,1-3H3. The van der Waals surface area contributed by atoms with E-state index in [1.165, 1.54) is 12.0 Å². The van der Waals surface area contributed by atoms with Crippen LogP contribution in [0.4, 0.5) is 11.4 Å². The Labute approximate surface area is 142 Å². The third kappa shape index (κ3) is 4.26. The lowest BCUT2D eigenvalue weighted by atomic mass is 10.3. The van der Waals surface area contributed by atoms with Crippen LogP contribution in [0.25, 0.3) is 0 Å². The van der Waals surface area contributed by atoms with E-state index in [0.717, 1.165) is 10.6 Å². The molecule has 0 spiro atoms. The molecule has 0 radical (unpaired) electrons. The minimum Gasteiger partial charge on any atom is -0.497 e. The van der Waals surface area contributed by atoms with Crippen molar-refractivity contribution in [3.63, 3.8) is 0 Å². The minimum absolute atomic E-state index is 0.294. The molecule has 0 saturated carbocycles. The molecule has 0 atom stereocenters. The second-order valence-electron chi connectivity index (χ2n) is 5.26. The summed E-state index contributed by atoms with van der Waals surface area (Å²) in [5.41, 5.74) is 1.08. The Kier molecular flexibility index (Phi) is 5.46. The van der Waals surface area contributed by atoms with Crippen LogP contribution in [-0.4, -0.2) is 41.3 Å². The second-order valence-corrected chi connectivity index (χ2v) is 7.17. The molecule has 2 aromatic carbocycles. The van der Waals surface area contributed by atoms with Gasteiger partial charge in [-0.05, 0) is 24.3 Å². The van der Waals surface area contributed by atoms with Crippen LogP contribution in [-0.2, 0) is 14.8 Å². The van der Waals surface area contributed by atoms with Gasteiger partial charge >= 0.3 is 0 Å². The molecule has 0 aliphatic rings. The predicted octanol–water partition coefficient (Wildman–Crippen LogP) is 2.12. The lowest BCUT2D eigenvalue weighted by Crippen LogP contribution is -2.41. The first-order valence-electron chi connectivity index (χ1n) is 7.26. The Morgan fingerprint density at radius 2 is 1.67 bits per heavy atom. The fourth-order valence-electron chi connectivity index (χ4n) is 2.19. The van der Waals surface area contributed by atoms with Crippen molar-refractivity contribution in [3.05, 3.63) is 54.6 Å². The number of rotatable bonds is 6. The molecular formula is C17H20N2O4S. The first kappa shape index (κ1) is 17.8. The SMILES string of the molecule is COc1cccc(N(CC(=O)N(C)c2ccccc2)S(C)(=O)=O)c1. The highest BCUT2D eigenvalue weighted by Crippen LogP contribution is 2.23. The Balaban J connectivity index is 2.28. The summed E-state index contributed by atoms with van der Waals surface area (Å²) in [7, 11) is -0.510. The molecule has 0 heterocycles. The summed E-state index contributed by atoms with van der Waals surface area (Å²) in [6.07, 6.45) is 1.07. The molecule has 6 nitrogen and oxygen atoms in total. The van der Waals surface area contributed by atoms with Gasteiger partial charge in [0.15, 0.2) is 0 Å². The van der Waals surface area contributed by atoms with Crippen molar-refractivity contribution < 1.29 is 17.9 Å². The van der Waals surface area contributed by atoms with Crippen molar-refractivity contribution >= 4 is 27.3 Å². The molecule has 0 unspecified atom stereocenters. The molecule has 0 aromatic heterocycles. The Morgan fingerprint density at radius 1 is 1.04 bits per heavy atom. The van der Waals surface area contributed by atoms with Crippen LogP contribution < -0.4 is 13.9 Å². The number of hydrogen-bond acceptors (Lipinski definition) is 4. The highest BCUT2D eigenvalue weighted by atomic mass is 32.2. The predicted molar refractivity (Wildman–Crippen MR) is 95.0 cm³/mol. The molecule has 2 aromatic rings. The number of nitrogens with zero attached hydrogens (tertiary/aromatic N) is 2. The molecule has 0 N–H and O–H groups in total. The summed E-state index contributed by atoms with van der Waals surface area (Å²) in [4.78, 5) is 13.9. The highest BCUT2D eigenvalue weighted by molar-refractivity contribution is 7.92. The van der Waals surface area contributed by atoms with Gasteiger partial charge in [0.2, 0.25) is 15.9 Å². The summed E-state index contributed by atoms with van der Waals surface area (Å²) in [6.45, 7) is -0.294. The van der Waals surface area contributed by atoms with Crippen LogP contribution >= 0.6 is 0 Å². The molecule has 0 bridgehead atoms. The van der Waals surface area contributed by atoms with E-state index in [-0.39, 0.29) is 12.5 Å². The number of carbonyl (C=O) groups is 1. The molecule has 0 aliphatic heterocycles. The topological polar surface area (TPSA) is 66.9 Å². The zero-order chi connectivity index (χ0) is 17.7. The zero-order valence-electron chi connectivity index (χ0n) is 13.8. The number of methoxy groups -OCH3 is 1. The van der Waals surface area contributed by atoms with Crippen LogP contribution in [0, 0.1) is 0 Å². The van der Waals surface area contributed by atoms with E-state index in [9.17, 15) is 13.2 Å². The van der Waals surface area contributed by atoms with Crippen molar-refractivity contribution in [2.75, 3.05) is 36.2 Å². The van der Waals surface area contributed by atoms with Crippen molar-refractivity contribution in [2.24, 2.45) is 0 Å². The first-order chi connectivity index (χ1) is 11.3. The van der Waals surface area contributed by atoms with Crippen LogP contribution in [0.3, 0.4) is 0 Å².